The highest BCUT2D eigenvalue weighted by Gasteiger charge is 2.14. The van der Waals surface area contributed by atoms with Gasteiger partial charge in [-0.3, -0.25) is 0 Å². The number of furan rings is 1. The van der Waals surface area contributed by atoms with Crippen molar-refractivity contribution in [3.8, 4) is 0 Å². The van der Waals surface area contributed by atoms with Crippen LogP contribution in [0.2, 0.25) is 0 Å². The lowest BCUT2D eigenvalue weighted by atomic mass is 10.1. The van der Waals surface area contributed by atoms with Crippen LogP contribution in [0.15, 0.2) is 22.8 Å². The van der Waals surface area contributed by atoms with E-state index < -0.39 is 0 Å². The summed E-state index contributed by atoms with van der Waals surface area (Å²) in [5.74, 6) is 1.08. The fourth-order valence-corrected chi connectivity index (χ4v) is 2.22. The maximum absolute atomic E-state index is 5.70. The van der Waals surface area contributed by atoms with E-state index in [1.54, 1.807) is 6.26 Å². The molecule has 2 atom stereocenters. The number of hydrogen-bond donors (Lipinski definition) is 1. The van der Waals surface area contributed by atoms with Crippen LogP contribution in [-0.4, -0.2) is 25.3 Å². The second-order valence-corrected chi connectivity index (χ2v) is 4.92. The quantitative estimate of drug-likeness (QED) is 0.826. The molecule has 1 fully saturated rings. The molecule has 0 saturated carbocycles. The van der Waals surface area contributed by atoms with E-state index in [2.05, 4.69) is 12.2 Å². The van der Waals surface area contributed by atoms with E-state index in [1.165, 1.54) is 19.3 Å². The molecule has 3 nitrogen and oxygen atoms in total. The molecule has 1 aliphatic heterocycles. The minimum absolute atomic E-state index is 0.426. The minimum atomic E-state index is 0.426. The van der Waals surface area contributed by atoms with Crippen molar-refractivity contribution < 1.29 is 9.15 Å². The molecule has 2 unspecified atom stereocenters. The Labute approximate surface area is 104 Å². The summed E-state index contributed by atoms with van der Waals surface area (Å²) in [6.45, 7) is 4.15. The molecule has 2 rings (SSSR count). The first-order chi connectivity index (χ1) is 8.34. The average Bonchev–Trinajstić information content (AvgIpc) is 2.88. The maximum Gasteiger partial charge on any atom is 0.103 e. The van der Waals surface area contributed by atoms with Crippen molar-refractivity contribution >= 4 is 0 Å². The lowest BCUT2D eigenvalue weighted by molar-refractivity contribution is 0.0155. The Kier molecular flexibility index (Phi) is 5.08. The summed E-state index contributed by atoms with van der Waals surface area (Å²) >= 11 is 0. The van der Waals surface area contributed by atoms with Crippen molar-refractivity contribution in [3.05, 3.63) is 24.2 Å². The molecular weight excluding hydrogens is 214 g/mol. The topological polar surface area (TPSA) is 34.4 Å². The molecule has 0 radical (unpaired) electrons. The van der Waals surface area contributed by atoms with Crippen molar-refractivity contribution in [1.29, 1.82) is 0 Å². The number of aryl methyl sites for hydroxylation is 1. The van der Waals surface area contributed by atoms with Crippen molar-refractivity contribution in [2.24, 2.45) is 0 Å². The minimum Gasteiger partial charge on any atom is -0.469 e. The summed E-state index contributed by atoms with van der Waals surface area (Å²) in [6.07, 6.45) is 8.03. The van der Waals surface area contributed by atoms with Crippen molar-refractivity contribution in [2.45, 2.75) is 51.2 Å². The van der Waals surface area contributed by atoms with Gasteiger partial charge in [0.2, 0.25) is 0 Å². The first-order valence-corrected chi connectivity index (χ1v) is 6.72. The van der Waals surface area contributed by atoms with E-state index in [9.17, 15) is 0 Å². The van der Waals surface area contributed by atoms with E-state index in [1.807, 2.05) is 12.1 Å². The third kappa shape index (κ3) is 4.52. The Balaban J connectivity index is 1.58. The van der Waals surface area contributed by atoms with Gasteiger partial charge in [-0.1, -0.05) is 0 Å². The van der Waals surface area contributed by atoms with E-state index >= 15 is 0 Å². The molecule has 17 heavy (non-hydrogen) atoms. The zero-order valence-corrected chi connectivity index (χ0v) is 10.7. The van der Waals surface area contributed by atoms with Gasteiger partial charge < -0.3 is 14.5 Å². The zero-order valence-electron chi connectivity index (χ0n) is 10.7. The van der Waals surface area contributed by atoms with E-state index in [0.29, 0.717) is 12.1 Å². The normalized spacial score (nSPS) is 22.5. The maximum atomic E-state index is 5.70. The van der Waals surface area contributed by atoms with Gasteiger partial charge in [0.25, 0.3) is 0 Å². The second-order valence-electron chi connectivity index (χ2n) is 4.92. The predicted octanol–water partition coefficient (Wildman–Crippen LogP) is 2.76. The van der Waals surface area contributed by atoms with Crippen LogP contribution < -0.4 is 5.32 Å². The molecule has 0 aliphatic carbocycles. The van der Waals surface area contributed by atoms with Gasteiger partial charge in [-0.05, 0) is 44.7 Å². The Morgan fingerprint density at radius 3 is 3.12 bits per heavy atom. The number of hydrogen-bond acceptors (Lipinski definition) is 3. The largest absolute Gasteiger partial charge is 0.469 e. The van der Waals surface area contributed by atoms with Gasteiger partial charge >= 0.3 is 0 Å². The van der Waals surface area contributed by atoms with Crippen LogP contribution in [-0.2, 0) is 11.2 Å². The highest BCUT2D eigenvalue weighted by molar-refractivity contribution is 4.98. The molecule has 0 amide bonds. The fourth-order valence-electron chi connectivity index (χ4n) is 2.22. The van der Waals surface area contributed by atoms with Crippen molar-refractivity contribution in [3.63, 3.8) is 0 Å². The average molecular weight is 237 g/mol. The number of nitrogens with one attached hydrogen (secondary N) is 1. The van der Waals surface area contributed by atoms with Crippen LogP contribution in [0.1, 0.15) is 38.4 Å². The molecule has 0 spiro atoms. The lowest BCUT2D eigenvalue weighted by Gasteiger charge is -2.24. The monoisotopic (exact) mass is 237 g/mol. The summed E-state index contributed by atoms with van der Waals surface area (Å²) in [6, 6.07) is 4.51. The molecule has 0 aromatic carbocycles. The third-order valence-electron chi connectivity index (χ3n) is 3.37. The molecule has 96 valence electrons. The highest BCUT2D eigenvalue weighted by atomic mass is 16.5. The van der Waals surface area contributed by atoms with Gasteiger partial charge in [-0.15, -0.1) is 0 Å². The Bertz CT molecular complexity index is 291. The van der Waals surface area contributed by atoms with Gasteiger partial charge in [0, 0.05) is 25.6 Å². The second kappa shape index (κ2) is 6.82. The summed E-state index contributed by atoms with van der Waals surface area (Å²) in [5, 5.41) is 3.55. The number of ether oxygens (including phenoxy) is 1. The summed E-state index contributed by atoms with van der Waals surface area (Å²) in [4.78, 5) is 0. The van der Waals surface area contributed by atoms with E-state index in [4.69, 9.17) is 9.15 Å². The van der Waals surface area contributed by atoms with Crippen molar-refractivity contribution in [2.75, 3.05) is 13.2 Å². The molecule has 1 aliphatic rings. The SMILES string of the molecule is CC(CCc1ccco1)NCC1CCCCO1. The van der Waals surface area contributed by atoms with Gasteiger partial charge in [-0.25, -0.2) is 0 Å². The smallest absolute Gasteiger partial charge is 0.103 e. The molecule has 1 aromatic rings. The Morgan fingerprint density at radius 2 is 2.41 bits per heavy atom. The van der Waals surface area contributed by atoms with Gasteiger partial charge in [0.05, 0.1) is 12.4 Å². The Hall–Kier alpha value is -0.800. The fraction of sp³-hybridized carbons (Fsp3) is 0.714. The van der Waals surface area contributed by atoms with Crippen LogP contribution in [0.5, 0.6) is 0 Å². The van der Waals surface area contributed by atoms with Crippen LogP contribution in [0.25, 0.3) is 0 Å². The summed E-state index contributed by atoms with van der Waals surface area (Å²) in [7, 11) is 0. The molecule has 1 N–H and O–H groups in total. The molecule has 1 saturated heterocycles. The van der Waals surface area contributed by atoms with Crippen LogP contribution in [0.4, 0.5) is 0 Å². The van der Waals surface area contributed by atoms with Crippen LogP contribution >= 0.6 is 0 Å². The first kappa shape index (κ1) is 12.7. The van der Waals surface area contributed by atoms with Gasteiger partial charge in [0.1, 0.15) is 5.76 Å². The molecule has 1 aromatic heterocycles. The lowest BCUT2D eigenvalue weighted by Crippen LogP contribution is -2.36. The highest BCUT2D eigenvalue weighted by Crippen LogP contribution is 2.12. The van der Waals surface area contributed by atoms with Gasteiger partial charge in [0.15, 0.2) is 0 Å². The molecule has 3 heteroatoms. The van der Waals surface area contributed by atoms with Crippen molar-refractivity contribution in [1.82, 2.24) is 5.32 Å². The van der Waals surface area contributed by atoms with Crippen LogP contribution in [0.3, 0.4) is 0 Å². The standard InChI is InChI=1S/C14H23NO2/c1-12(7-8-13-6-4-10-16-13)15-11-14-5-2-3-9-17-14/h4,6,10,12,14-15H,2-3,5,7-9,11H2,1H3. The number of rotatable bonds is 6. The predicted molar refractivity (Wildman–Crippen MR) is 68.1 cm³/mol. The zero-order chi connectivity index (χ0) is 11.9. The van der Waals surface area contributed by atoms with Gasteiger partial charge in [-0.2, -0.15) is 0 Å². The first-order valence-electron chi connectivity index (χ1n) is 6.72. The molecule has 2 heterocycles. The third-order valence-corrected chi connectivity index (χ3v) is 3.37. The molecule has 0 bridgehead atoms. The molecular formula is C14H23NO2. The van der Waals surface area contributed by atoms with E-state index in [-0.39, 0.29) is 0 Å². The van der Waals surface area contributed by atoms with Crippen LogP contribution in [0, 0.1) is 0 Å². The summed E-state index contributed by atoms with van der Waals surface area (Å²) in [5.41, 5.74) is 0. The Morgan fingerprint density at radius 1 is 1.47 bits per heavy atom. The summed E-state index contributed by atoms with van der Waals surface area (Å²) < 4.78 is 11.0. The van der Waals surface area contributed by atoms with E-state index in [0.717, 1.165) is 31.8 Å².